The van der Waals surface area contributed by atoms with Crippen molar-refractivity contribution in [1.29, 1.82) is 0 Å². The number of benzene rings is 3. The number of amides is 1. The van der Waals surface area contributed by atoms with E-state index in [4.69, 9.17) is 26.4 Å². The first-order valence-electron chi connectivity index (χ1n) is 11.5. The summed E-state index contributed by atoms with van der Waals surface area (Å²) in [5.41, 5.74) is 5.48. The van der Waals surface area contributed by atoms with E-state index in [1.807, 2.05) is 36.4 Å². The van der Waals surface area contributed by atoms with Gasteiger partial charge in [-0.1, -0.05) is 24.3 Å². The van der Waals surface area contributed by atoms with Gasteiger partial charge in [0, 0.05) is 5.56 Å². The van der Waals surface area contributed by atoms with Crippen LogP contribution in [0.4, 0.5) is 5.69 Å². The summed E-state index contributed by atoms with van der Waals surface area (Å²) in [5, 5.41) is 3.34. The maximum absolute atomic E-state index is 13.2. The Kier molecular flexibility index (Phi) is 6.42. The van der Waals surface area contributed by atoms with Crippen LogP contribution in [0.1, 0.15) is 28.7 Å². The number of carbonyl (C=O) groups is 1. The molecule has 1 aliphatic heterocycles. The normalized spacial score (nSPS) is 15.8. The van der Waals surface area contributed by atoms with Gasteiger partial charge in [-0.15, -0.1) is 0 Å². The van der Waals surface area contributed by atoms with Crippen molar-refractivity contribution in [3.05, 3.63) is 88.6 Å². The summed E-state index contributed by atoms with van der Waals surface area (Å²) in [6.45, 7) is 0.353. The van der Waals surface area contributed by atoms with Crippen LogP contribution in [0, 0.1) is 0 Å². The maximum Gasteiger partial charge on any atom is 0.281 e. The zero-order valence-corrected chi connectivity index (χ0v) is 20.5. The van der Waals surface area contributed by atoms with Gasteiger partial charge in [-0.25, -0.2) is 4.90 Å². The minimum atomic E-state index is -0.244. The Morgan fingerprint density at radius 1 is 0.971 bits per heavy atom. The number of para-hydroxylation sites is 2. The fraction of sp³-hybridized carbons (Fsp3) is 0.214. The minimum absolute atomic E-state index is 0.244. The molecule has 3 aromatic carbocycles. The van der Waals surface area contributed by atoms with Gasteiger partial charge >= 0.3 is 0 Å². The summed E-state index contributed by atoms with van der Waals surface area (Å²) in [5.74, 6) is 1.90. The summed E-state index contributed by atoms with van der Waals surface area (Å²) < 4.78 is 17.1. The third kappa shape index (κ3) is 4.59. The third-order valence-corrected chi connectivity index (χ3v) is 6.57. The van der Waals surface area contributed by atoms with Gasteiger partial charge in [0.25, 0.3) is 5.91 Å². The first-order chi connectivity index (χ1) is 17.1. The quantitative estimate of drug-likeness (QED) is 0.373. The Morgan fingerprint density at radius 2 is 1.77 bits per heavy atom. The van der Waals surface area contributed by atoms with E-state index in [0.29, 0.717) is 28.9 Å². The van der Waals surface area contributed by atoms with Crippen LogP contribution in [0.2, 0.25) is 0 Å². The topological polar surface area (TPSA) is 60.0 Å². The van der Waals surface area contributed by atoms with E-state index >= 15 is 0 Å². The van der Waals surface area contributed by atoms with Crippen LogP contribution in [-0.4, -0.2) is 25.2 Å². The average molecular weight is 487 g/mol. The van der Waals surface area contributed by atoms with Crippen LogP contribution in [0.5, 0.6) is 17.2 Å². The van der Waals surface area contributed by atoms with Crippen LogP contribution in [0.15, 0.2) is 66.4 Å². The van der Waals surface area contributed by atoms with Crippen LogP contribution in [-0.2, 0) is 24.2 Å². The van der Waals surface area contributed by atoms with Crippen molar-refractivity contribution in [2.24, 2.45) is 0 Å². The highest BCUT2D eigenvalue weighted by Crippen LogP contribution is 2.32. The van der Waals surface area contributed by atoms with Crippen LogP contribution in [0.3, 0.4) is 0 Å². The Balaban J connectivity index is 1.37. The minimum Gasteiger partial charge on any atom is -0.496 e. The number of thiocarbonyl (C=S) groups is 1. The molecule has 0 aromatic heterocycles. The number of aryl methyl sites for hydroxylation is 2. The van der Waals surface area contributed by atoms with Crippen molar-refractivity contribution in [2.45, 2.75) is 25.9 Å². The Bertz CT molecular complexity index is 1330. The standard InChI is InChI=1S/C28H26N2O4S/c1-32-25-13-10-18(14-21(25)17-34-22-12-11-19-6-5-7-20(19)16-22)15-23-27(31)30(28(35)29-23)24-8-3-4-9-26(24)33-2/h3-4,8-16H,5-7,17H2,1-2H3,(H,29,35)/b23-15+. The number of nitrogens with one attached hydrogen (secondary N) is 1. The summed E-state index contributed by atoms with van der Waals surface area (Å²) in [7, 11) is 3.20. The largest absolute Gasteiger partial charge is 0.496 e. The van der Waals surface area contributed by atoms with Gasteiger partial charge in [0.05, 0.1) is 19.9 Å². The molecule has 178 valence electrons. The van der Waals surface area contributed by atoms with Crippen molar-refractivity contribution in [1.82, 2.24) is 5.32 Å². The predicted octanol–water partition coefficient (Wildman–Crippen LogP) is 5.03. The molecule has 2 aliphatic rings. The first-order valence-corrected chi connectivity index (χ1v) is 11.9. The molecule has 1 aliphatic carbocycles. The molecule has 1 heterocycles. The lowest BCUT2D eigenvalue weighted by Crippen LogP contribution is -2.30. The van der Waals surface area contributed by atoms with E-state index in [1.165, 1.54) is 22.4 Å². The molecule has 0 radical (unpaired) electrons. The number of ether oxygens (including phenoxy) is 3. The smallest absolute Gasteiger partial charge is 0.281 e. The molecule has 0 saturated carbocycles. The molecule has 0 unspecified atom stereocenters. The van der Waals surface area contributed by atoms with Gasteiger partial charge in [0.15, 0.2) is 5.11 Å². The van der Waals surface area contributed by atoms with E-state index < -0.39 is 0 Å². The van der Waals surface area contributed by atoms with Gasteiger partial charge in [0.1, 0.15) is 29.6 Å². The number of methoxy groups -OCH3 is 2. The van der Waals surface area contributed by atoms with E-state index in [0.717, 1.165) is 35.5 Å². The number of fused-ring (bicyclic) bond motifs is 1. The maximum atomic E-state index is 13.2. The predicted molar refractivity (Wildman–Crippen MR) is 140 cm³/mol. The van der Waals surface area contributed by atoms with Gasteiger partial charge in [0.2, 0.25) is 0 Å². The highest BCUT2D eigenvalue weighted by atomic mass is 32.1. The summed E-state index contributed by atoms with van der Waals surface area (Å²) in [4.78, 5) is 14.6. The second kappa shape index (κ2) is 9.80. The number of hydrogen-bond donors (Lipinski definition) is 1. The zero-order valence-electron chi connectivity index (χ0n) is 19.7. The lowest BCUT2D eigenvalue weighted by molar-refractivity contribution is -0.113. The summed E-state index contributed by atoms with van der Waals surface area (Å²) in [6, 6.07) is 19.3. The Morgan fingerprint density at radius 3 is 2.60 bits per heavy atom. The molecular weight excluding hydrogens is 460 g/mol. The zero-order chi connectivity index (χ0) is 24.4. The Labute approximate surface area is 210 Å². The lowest BCUT2D eigenvalue weighted by atomic mass is 10.1. The molecule has 7 heteroatoms. The van der Waals surface area contributed by atoms with E-state index in [9.17, 15) is 4.79 Å². The van der Waals surface area contributed by atoms with Crippen molar-refractivity contribution < 1.29 is 19.0 Å². The van der Waals surface area contributed by atoms with Crippen molar-refractivity contribution in [3.8, 4) is 17.2 Å². The number of carbonyl (C=O) groups excluding carboxylic acids is 1. The molecule has 3 aromatic rings. The molecule has 1 fully saturated rings. The molecule has 0 spiro atoms. The number of anilines is 1. The fourth-order valence-corrected chi connectivity index (χ4v) is 4.83. The molecule has 35 heavy (non-hydrogen) atoms. The van der Waals surface area contributed by atoms with Gasteiger partial charge in [-0.05, 0) is 90.6 Å². The number of hydrogen-bond acceptors (Lipinski definition) is 5. The van der Waals surface area contributed by atoms with E-state index in [2.05, 4.69) is 17.4 Å². The van der Waals surface area contributed by atoms with Crippen molar-refractivity contribution >= 4 is 35.0 Å². The molecule has 0 bridgehead atoms. The summed E-state index contributed by atoms with van der Waals surface area (Å²) in [6.07, 6.45) is 5.23. The monoisotopic (exact) mass is 486 g/mol. The Hall–Kier alpha value is -3.84. The third-order valence-electron chi connectivity index (χ3n) is 6.28. The average Bonchev–Trinajstić information content (AvgIpc) is 3.46. The van der Waals surface area contributed by atoms with Gasteiger partial charge in [-0.2, -0.15) is 0 Å². The molecule has 1 amide bonds. The second-order valence-electron chi connectivity index (χ2n) is 8.44. The van der Waals surface area contributed by atoms with Crippen LogP contribution >= 0.6 is 12.2 Å². The molecule has 5 rings (SSSR count). The van der Waals surface area contributed by atoms with Crippen molar-refractivity contribution in [2.75, 3.05) is 19.1 Å². The number of rotatable bonds is 7. The van der Waals surface area contributed by atoms with Crippen LogP contribution < -0.4 is 24.4 Å². The summed E-state index contributed by atoms with van der Waals surface area (Å²) >= 11 is 5.45. The molecule has 0 atom stereocenters. The van der Waals surface area contributed by atoms with E-state index in [1.54, 1.807) is 32.4 Å². The molecular formula is C28H26N2O4S. The molecule has 6 nitrogen and oxygen atoms in total. The lowest BCUT2D eigenvalue weighted by Gasteiger charge is -2.17. The van der Waals surface area contributed by atoms with Gasteiger partial charge in [-0.3, -0.25) is 4.79 Å². The highest BCUT2D eigenvalue weighted by molar-refractivity contribution is 7.80. The highest BCUT2D eigenvalue weighted by Gasteiger charge is 2.33. The van der Waals surface area contributed by atoms with Crippen molar-refractivity contribution in [3.63, 3.8) is 0 Å². The number of nitrogens with zero attached hydrogens (tertiary/aromatic N) is 1. The second-order valence-corrected chi connectivity index (χ2v) is 8.83. The first kappa shape index (κ1) is 22.9. The molecule has 1 N–H and O–H groups in total. The van der Waals surface area contributed by atoms with Gasteiger partial charge < -0.3 is 19.5 Å². The van der Waals surface area contributed by atoms with E-state index in [-0.39, 0.29) is 5.91 Å². The SMILES string of the molecule is COc1ccc(/C=C2/NC(=S)N(c3ccccc3OC)C2=O)cc1COc1ccc2c(c1)CCC2. The fourth-order valence-electron chi connectivity index (χ4n) is 4.54. The molecule has 1 saturated heterocycles. The van der Waals surface area contributed by atoms with Crippen LogP contribution in [0.25, 0.3) is 6.08 Å².